The number of benzene rings is 2. The van der Waals surface area contributed by atoms with E-state index in [9.17, 15) is 9.59 Å². The van der Waals surface area contributed by atoms with Gasteiger partial charge in [0.2, 0.25) is 0 Å². The molecular formula is C25H30O3. The highest BCUT2D eigenvalue weighted by Gasteiger charge is 2.47. The lowest BCUT2D eigenvalue weighted by Gasteiger charge is -2.32. The van der Waals surface area contributed by atoms with Gasteiger partial charge in [0.25, 0.3) is 0 Å². The van der Waals surface area contributed by atoms with Crippen LogP contribution in [0.3, 0.4) is 0 Å². The van der Waals surface area contributed by atoms with E-state index in [-0.39, 0.29) is 29.5 Å². The van der Waals surface area contributed by atoms with Crippen molar-refractivity contribution in [2.75, 3.05) is 0 Å². The van der Waals surface area contributed by atoms with Gasteiger partial charge in [-0.15, -0.1) is 0 Å². The summed E-state index contributed by atoms with van der Waals surface area (Å²) in [5.74, 6) is -0.0802. The van der Waals surface area contributed by atoms with Crippen molar-refractivity contribution in [3.05, 3.63) is 71.8 Å². The van der Waals surface area contributed by atoms with Gasteiger partial charge in [-0.2, -0.15) is 0 Å². The van der Waals surface area contributed by atoms with Crippen LogP contribution in [-0.4, -0.2) is 17.7 Å². The van der Waals surface area contributed by atoms with E-state index in [1.807, 2.05) is 62.4 Å². The van der Waals surface area contributed by atoms with Gasteiger partial charge in [0.05, 0.1) is 18.6 Å². The van der Waals surface area contributed by atoms with Crippen LogP contribution in [0.25, 0.3) is 0 Å². The summed E-state index contributed by atoms with van der Waals surface area (Å²) in [6.07, 6.45) is 3.46. The van der Waals surface area contributed by atoms with Crippen molar-refractivity contribution in [3.63, 3.8) is 0 Å². The number of fused-ring (bicyclic) bond motifs is 1. The van der Waals surface area contributed by atoms with Crippen LogP contribution < -0.4 is 0 Å². The molecule has 2 aliphatic carbocycles. The highest BCUT2D eigenvalue weighted by molar-refractivity contribution is 6.11. The van der Waals surface area contributed by atoms with Gasteiger partial charge >= 0.3 is 0 Å². The molecule has 0 amide bonds. The summed E-state index contributed by atoms with van der Waals surface area (Å²) in [7, 11) is 0. The molecule has 3 nitrogen and oxygen atoms in total. The quantitative estimate of drug-likeness (QED) is 0.511. The first-order valence-corrected chi connectivity index (χ1v) is 10.5. The minimum absolute atomic E-state index is 0.0114. The second-order valence-electron chi connectivity index (χ2n) is 7.45. The Morgan fingerprint density at radius 3 is 2.21 bits per heavy atom. The van der Waals surface area contributed by atoms with Crippen molar-refractivity contribution in [2.45, 2.75) is 52.2 Å². The molecule has 2 aliphatic rings. The minimum atomic E-state index is -0.466. The number of hydrogen-bond donors (Lipinski definition) is 0. The highest BCUT2D eigenvalue weighted by Crippen LogP contribution is 2.44. The smallest absolute Gasteiger partial charge is 0.173 e. The maximum absolute atomic E-state index is 13.0. The van der Waals surface area contributed by atoms with Crippen molar-refractivity contribution in [3.8, 4) is 0 Å². The molecule has 0 N–H and O–H groups in total. The Morgan fingerprint density at radius 2 is 1.54 bits per heavy atom. The fourth-order valence-electron chi connectivity index (χ4n) is 4.58. The van der Waals surface area contributed by atoms with Crippen LogP contribution >= 0.6 is 0 Å². The number of ether oxygens (including phenoxy) is 1. The molecule has 148 valence electrons. The molecule has 0 aromatic heterocycles. The standard InChI is InChI=1S/C23H24O3.C2H6/c24-22(17-9-5-2-6-10-17)20-12-11-18-19(23(20)25)13-14-21(18)26-15-16-7-3-1-4-8-16;1-2/h1-10,18-21H,11-15H2;1-2H3. The summed E-state index contributed by atoms with van der Waals surface area (Å²) < 4.78 is 6.15. The number of Topliss-reactive ketones (excluding diaryl/α,β-unsaturated/α-hetero) is 2. The van der Waals surface area contributed by atoms with Crippen LogP contribution in [-0.2, 0) is 16.1 Å². The molecule has 4 rings (SSSR count). The molecule has 0 heterocycles. The van der Waals surface area contributed by atoms with Crippen LogP contribution in [0, 0.1) is 17.8 Å². The van der Waals surface area contributed by atoms with Crippen LogP contribution in [0.1, 0.15) is 55.5 Å². The Balaban J connectivity index is 0.00000109. The molecule has 4 atom stereocenters. The minimum Gasteiger partial charge on any atom is -0.373 e. The van der Waals surface area contributed by atoms with Gasteiger partial charge in [-0.05, 0) is 37.2 Å². The molecule has 0 bridgehead atoms. The van der Waals surface area contributed by atoms with Gasteiger partial charge in [-0.25, -0.2) is 0 Å². The first-order valence-electron chi connectivity index (χ1n) is 10.5. The number of rotatable bonds is 5. The fourth-order valence-corrected chi connectivity index (χ4v) is 4.58. The van der Waals surface area contributed by atoms with Crippen molar-refractivity contribution in [1.29, 1.82) is 0 Å². The maximum atomic E-state index is 13.0. The topological polar surface area (TPSA) is 43.4 Å². The molecule has 28 heavy (non-hydrogen) atoms. The monoisotopic (exact) mass is 378 g/mol. The zero-order valence-electron chi connectivity index (χ0n) is 16.8. The summed E-state index contributed by atoms with van der Waals surface area (Å²) in [5.41, 5.74) is 1.81. The van der Waals surface area contributed by atoms with Crippen molar-refractivity contribution < 1.29 is 14.3 Å². The summed E-state index contributed by atoms with van der Waals surface area (Å²) in [6.45, 7) is 4.59. The van der Waals surface area contributed by atoms with Gasteiger partial charge in [-0.3, -0.25) is 9.59 Å². The average Bonchev–Trinajstić information content (AvgIpc) is 3.19. The van der Waals surface area contributed by atoms with Gasteiger partial charge in [-0.1, -0.05) is 74.5 Å². The summed E-state index contributed by atoms with van der Waals surface area (Å²) >= 11 is 0. The van der Waals surface area contributed by atoms with Crippen LogP contribution in [0.2, 0.25) is 0 Å². The lowest BCUT2D eigenvalue weighted by atomic mass is 9.72. The Kier molecular flexibility index (Phi) is 7.16. The first kappa shape index (κ1) is 20.5. The van der Waals surface area contributed by atoms with E-state index in [0.717, 1.165) is 24.8 Å². The second-order valence-corrected chi connectivity index (χ2v) is 7.45. The predicted molar refractivity (Wildman–Crippen MR) is 111 cm³/mol. The van der Waals surface area contributed by atoms with Crippen molar-refractivity contribution in [2.24, 2.45) is 17.8 Å². The van der Waals surface area contributed by atoms with Crippen LogP contribution in [0.4, 0.5) is 0 Å². The summed E-state index contributed by atoms with van der Waals surface area (Å²) in [4.78, 5) is 25.7. The molecule has 2 saturated carbocycles. The lowest BCUT2D eigenvalue weighted by Crippen LogP contribution is -2.39. The normalized spacial score (nSPS) is 26.1. The Morgan fingerprint density at radius 1 is 0.893 bits per heavy atom. The average molecular weight is 379 g/mol. The van der Waals surface area contributed by atoms with E-state index in [1.165, 1.54) is 0 Å². The number of ketones is 2. The van der Waals surface area contributed by atoms with Gasteiger partial charge < -0.3 is 4.74 Å². The maximum Gasteiger partial charge on any atom is 0.173 e. The number of carbonyl (C=O) groups excluding carboxylic acids is 2. The zero-order chi connectivity index (χ0) is 19.9. The lowest BCUT2D eigenvalue weighted by molar-refractivity contribution is -0.130. The molecule has 0 spiro atoms. The Labute approximate surface area is 168 Å². The number of hydrogen-bond acceptors (Lipinski definition) is 3. The predicted octanol–water partition coefficient (Wildman–Crippen LogP) is 5.49. The van der Waals surface area contributed by atoms with Gasteiger partial charge in [0.15, 0.2) is 5.78 Å². The third kappa shape index (κ3) is 4.41. The third-order valence-corrected chi connectivity index (χ3v) is 5.94. The van der Waals surface area contributed by atoms with Crippen molar-refractivity contribution >= 4 is 11.6 Å². The summed E-state index contributed by atoms with van der Waals surface area (Å²) in [5, 5.41) is 0. The van der Waals surface area contributed by atoms with E-state index < -0.39 is 5.92 Å². The van der Waals surface area contributed by atoms with E-state index in [0.29, 0.717) is 18.6 Å². The molecular weight excluding hydrogens is 348 g/mol. The molecule has 0 radical (unpaired) electrons. The third-order valence-electron chi connectivity index (χ3n) is 5.94. The van der Waals surface area contributed by atoms with E-state index in [2.05, 4.69) is 12.1 Å². The second kappa shape index (κ2) is 9.79. The van der Waals surface area contributed by atoms with Crippen LogP contribution in [0.5, 0.6) is 0 Å². The summed E-state index contributed by atoms with van der Waals surface area (Å²) in [6, 6.07) is 19.4. The molecule has 2 aromatic carbocycles. The van der Waals surface area contributed by atoms with Crippen molar-refractivity contribution in [1.82, 2.24) is 0 Å². The molecule has 0 aliphatic heterocycles. The fraction of sp³-hybridized carbons (Fsp3) is 0.440. The van der Waals surface area contributed by atoms with Gasteiger partial charge in [0.1, 0.15) is 5.78 Å². The van der Waals surface area contributed by atoms with E-state index >= 15 is 0 Å². The van der Waals surface area contributed by atoms with Gasteiger partial charge in [0, 0.05) is 11.5 Å². The SMILES string of the molecule is CC.O=C(c1ccccc1)C1CCC2C(OCc3ccccc3)CCC2C1=O. The Bertz CT molecular complexity index is 769. The molecule has 4 unspecified atom stereocenters. The highest BCUT2D eigenvalue weighted by atomic mass is 16.5. The first-order chi connectivity index (χ1) is 13.7. The van der Waals surface area contributed by atoms with Crippen LogP contribution in [0.15, 0.2) is 60.7 Å². The Hall–Kier alpha value is -2.26. The van der Waals surface area contributed by atoms with E-state index in [1.54, 1.807) is 0 Å². The largest absolute Gasteiger partial charge is 0.373 e. The zero-order valence-corrected chi connectivity index (χ0v) is 16.8. The number of carbonyl (C=O) groups is 2. The molecule has 2 aromatic rings. The molecule has 0 saturated heterocycles. The molecule has 2 fully saturated rings. The molecule has 3 heteroatoms. The van der Waals surface area contributed by atoms with E-state index in [4.69, 9.17) is 4.74 Å².